The van der Waals surface area contributed by atoms with Crippen molar-refractivity contribution in [3.8, 4) is 6.07 Å². The molecule has 3 heterocycles. The van der Waals surface area contributed by atoms with Gasteiger partial charge in [-0.2, -0.15) is 10.2 Å². The van der Waals surface area contributed by atoms with Crippen LogP contribution in [0.4, 0.5) is 5.82 Å². The number of ether oxygens (including phenoxy) is 1. The van der Waals surface area contributed by atoms with Gasteiger partial charge in [0, 0.05) is 12.7 Å². The summed E-state index contributed by atoms with van der Waals surface area (Å²) in [7, 11) is 0. The molecule has 0 saturated carbocycles. The van der Waals surface area contributed by atoms with Crippen molar-refractivity contribution in [2.24, 2.45) is 0 Å². The Hall–Kier alpha value is -2.46. The zero-order valence-electron chi connectivity index (χ0n) is 11.6. The summed E-state index contributed by atoms with van der Waals surface area (Å²) in [6, 6.07) is 5.55. The van der Waals surface area contributed by atoms with E-state index < -0.39 is 0 Å². The van der Waals surface area contributed by atoms with Crippen molar-refractivity contribution < 1.29 is 9.26 Å². The standard InChI is InChI=1S/C14H15N5O2/c1-9-18-14(21-19-9)12-4-3-11(20-12)8-17-13-5-2-10(6-15)7-16-13/h2,5,7,11-12H,3-4,8H2,1H3,(H,16,17)/t11-,12+/m1/s1. The van der Waals surface area contributed by atoms with Crippen LogP contribution in [0.15, 0.2) is 22.9 Å². The number of nitrogens with one attached hydrogen (secondary N) is 1. The zero-order chi connectivity index (χ0) is 14.7. The normalized spacial score (nSPS) is 21.1. The topological polar surface area (TPSA) is 96.9 Å². The minimum atomic E-state index is -0.119. The molecule has 1 saturated heterocycles. The Labute approximate surface area is 121 Å². The summed E-state index contributed by atoms with van der Waals surface area (Å²) >= 11 is 0. The molecule has 2 aromatic heterocycles. The minimum Gasteiger partial charge on any atom is -0.367 e. The van der Waals surface area contributed by atoms with Crippen LogP contribution in [0.3, 0.4) is 0 Å². The molecule has 0 spiro atoms. The Kier molecular flexibility index (Phi) is 3.79. The third-order valence-electron chi connectivity index (χ3n) is 3.33. The average Bonchev–Trinajstić information content (AvgIpc) is 3.14. The Balaban J connectivity index is 1.51. The van der Waals surface area contributed by atoms with Crippen molar-refractivity contribution in [1.82, 2.24) is 15.1 Å². The van der Waals surface area contributed by atoms with E-state index in [1.165, 1.54) is 0 Å². The number of hydrogen-bond acceptors (Lipinski definition) is 7. The number of hydrogen-bond donors (Lipinski definition) is 1. The molecule has 1 N–H and O–H groups in total. The van der Waals surface area contributed by atoms with E-state index in [2.05, 4.69) is 20.4 Å². The lowest BCUT2D eigenvalue weighted by Crippen LogP contribution is -2.19. The molecule has 1 aliphatic heterocycles. The second-order valence-electron chi connectivity index (χ2n) is 4.93. The molecule has 7 nitrogen and oxygen atoms in total. The number of aromatic nitrogens is 3. The van der Waals surface area contributed by atoms with Gasteiger partial charge in [0.15, 0.2) is 5.82 Å². The van der Waals surface area contributed by atoms with Gasteiger partial charge in [-0.1, -0.05) is 5.16 Å². The minimum absolute atomic E-state index is 0.0830. The quantitative estimate of drug-likeness (QED) is 0.917. The van der Waals surface area contributed by atoms with Crippen LogP contribution >= 0.6 is 0 Å². The van der Waals surface area contributed by atoms with E-state index in [4.69, 9.17) is 14.5 Å². The third-order valence-corrected chi connectivity index (χ3v) is 3.33. The molecule has 0 unspecified atom stereocenters. The Bertz CT molecular complexity index is 646. The van der Waals surface area contributed by atoms with Gasteiger partial charge in [-0.15, -0.1) is 0 Å². The van der Waals surface area contributed by atoms with Crippen molar-refractivity contribution in [2.45, 2.75) is 32.0 Å². The van der Waals surface area contributed by atoms with E-state index in [1.54, 1.807) is 25.3 Å². The summed E-state index contributed by atoms with van der Waals surface area (Å²) in [5.41, 5.74) is 0.546. The maximum atomic E-state index is 8.72. The van der Waals surface area contributed by atoms with E-state index in [9.17, 15) is 0 Å². The van der Waals surface area contributed by atoms with Crippen molar-refractivity contribution in [3.63, 3.8) is 0 Å². The number of pyridine rings is 1. The maximum Gasteiger partial charge on any atom is 0.255 e. The molecule has 2 aromatic rings. The molecule has 0 bridgehead atoms. The first-order chi connectivity index (χ1) is 10.2. The second-order valence-corrected chi connectivity index (χ2v) is 4.93. The van der Waals surface area contributed by atoms with Gasteiger partial charge < -0.3 is 14.6 Å². The van der Waals surface area contributed by atoms with E-state index in [-0.39, 0.29) is 12.2 Å². The van der Waals surface area contributed by atoms with Gasteiger partial charge >= 0.3 is 0 Å². The molecule has 7 heteroatoms. The van der Waals surface area contributed by atoms with Crippen molar-refractivity contribution >= 4 is 5.82 Å². The molecule has 21 heavy (non-hydrogen) atoms. The molecule has 1 fully saturated rings. The summed E-state index contributed by atoms with van der Waals surface area (Å²) in [6.45, 7) is 2.44. The van der Waals surface area contributed by atoms with Crippen molar-refractivity contribution in [2.75, 3.05) is 11.9 Å². The van der Waals surface area contributed by atoms with Gasteiger partial charge in [-0.05, 0) is 31.9 Å². The van der Waals surface area contributed by atoms with Crippen LogP contribution in [0.1, 0.15) is 36.2 Å². The Morgan fingerprint density at radius 3 is 3.00 bits per heavy atom. The molecule has 0 radical (unpaired) electrons. The summed E-state index contributed by atoms with van der Waals surface area (Å²) in [5, 5.41) is 15.7. The first-order valence-corrected chi connectivity index (χ1v) is 6.80. The summed E-state index contributed by atoms with van der Waals surface area (Å²) in [6.07, 6.45) is 3.30. The average molecular weight is 285 g/mol. The fourth-order valence-electron chi connectivity index (χ4n) is 2.26. The molecule has 2 atom stereocenters. The lowest BCUT2D eigenvalue weighted by atomic mass is 10.2. The van der Waals surface area contributed by atoms with Gasteiger partial charge in [0.1, 0.15) is 18.0 Å². The molecule has 3 rings (SSSR count). The highest BCUT2D eigenvalue weighted by atomic mass is 16.5. The lowest BCUT2D eigenvalue weighted by Gasteiger charge is -2.12. The van der Waals surface area contributed by atoms with E-state index >= 15 is 0 Å². The Morgan fingerprint density at radius 1 is 1.43 bits per heavy atom. The molecule has 1 aliphatic rings. The predicted molar refractivity (Wildman–Crippen MR) is 73.3 cm³/mol. The van der Waals surface area contributed by atoms with E-state index in [0.717, 1.165) is 18.7 Å². The number of rotatable bonds is 4. The van der Waals surface area contributed by atoms with E-state index in [1.807, 2.05) is 6.07 Å². The second kappa shape index (κ2) is 5.89. The van der Waals surface area contributed by atoms with Crippen LogP contribution in [-0.2, 0) is 4.74 Å². The summed E-state index contributed by atoms with van der Waals surface area (Å²) < 4.78 is 11.0. The van der Waals surface area contributed by atoms with Crippen LogP contribution in [0.25, 0.3) is 0 Å². The number of nitrogens with zero attached hydrogens (tertiary/aromatic N) is 4. The molecule has 108 valence electrons. The monoisotopic (exact) mass is 285 g/mol. The SMILES string of the molecule is Cc1noc([C@@H]2CC[C@H](CNc3ccc(C#N)cn3)O2)n1. The van der Waals surface area contributed by atoms with Gasteiger partial charge in [-0.25, -0.2) is 4.98 Å². The molecule has 0 amide bonds. The predicted octanol–water partition coefficient (Wildman–Crippen LogP) is 1.98. The molecule has 0 aliphatic carbocycles. The van der Waals surface area contributed by atoms with Crippen LogP contribution in [0.5, 0.6) is 0 Å². The number of aryl methyl sites for hydroxylation is 1. The first-order valence-electron chi connectivity index (χ1n) is 6.80. The molecular weight excluding hydrogens is 270 g/mol. The maximum absolute atomic E-state index is 8.72. The largest absolute Gasteiger partial charge is 0.367 e. The van der Waals surface area contributed by atoms with Crippen molar-refractivity contribution in [1.29, 1.82) is 5.26 Å². The summed E-state index contributed by atoms with van der Waals surface area (Å²) in [5.74, 6) is 1.90. The fraction of sp³-hybridized carbons (Fsp3) is 0.429. The highest BCUT2D eigenvalue weighted by Crippen LogP contribution is 2.31. The Morgan fingerprint density at radius 2 is 2.33 bits per heavy atom. The van der Waals surface area contributed by atoms with Gasteiger partial charge in [-0.3, -0.25) is 0 Å². The number of nitriles is 1. The summed E-state index contributed by atoms with van der Waals surface area (Å²) in [4.78, 5) is 8.36. The van der Waals surface area contributed by atoms with Crippen LogP contribution in [0, 0.1) is 18.3 Å². The highest BCUT2D eigenvalue weighted by Gasteiger charge is 2.30. The molecular formula is C14H15N5O2. The van der Waals surface area contributed by atoms with Crippen molar-refractivity contribution in [3.05, 3.63) is 35.6 Å². The smallest absolute Gasteiger partial charge is 0.255 e. The van der Waals surface area contributed by atoms with Gasteiger partial charge in [0.05, 0.1) is 11.7 Å². The van der Waals surface area contributed by atoms with E-state index in [0.29, 0.717) is 23.8 Å². The molecule has 0 aromatic carbocycles. The van der Waals surface area contributed by atoms with Crippen LogP contribution in [-0.4, -0.2) is 27.8 Å². The first kappa shape index (κ1) is 13.5. The number of anilines is 1. The fourth-order valence-corrected chi connectivity index (χ4v) is 2.26. The highest BCUT2D eigenvalue weighted by molar-refractivity contribution is 5.38. The zero-order valence-corrected chi connectivity index (χ0v) is 11.6. The van der Waals surface area contributed by atoms with Crippen LogP contribution in [0.2, 0.25) is 0 Å². The van der Waals surface area contributed by atoms with Gasteiger partial charge in [0.2, 0.25) is 0 Å². The third kappa shape index (κ3) is 3.17. The lowest BCUT2D eigenvalue weighted by molar-refractivity contribution is 0.0326. The van der Waals surface area contributed by atoms with Crippen LogP contribution < -0.4 is 5.32 Å². The van der Waals surface area contributed by atoms with Gasteiger partial charge in [0.25, 0.3) is 5.89 Å².